The third-order valence-corrected chi connectivity index (χ3v) is 4.14. The Bertz CT molecular complexity index is 733. The first kappa shape index (κ1) is 16.2. The van der Waals surface area contributed by atoms with Crippen LogP contribution in [-0.4, -0.2) is 34.8 Å². The zero-order chi connectivity index (χ0) is 16.9. The second-order valence-corrected chi connectivity index (χ2v) is 5.87. The number of rotatable bonds is 4. The summed E-state index contributed by atoms with van der Waals surface area (Å²) < 4.78 is 5.38. The summed E-state index contributed by atoms with van der Waals surface area (Å²) in [6.07, 6.45) is 5.54. The second-order valence-electron chi connectivity index (χ2n) is 5.87. The van der Waals surface area contributed by atoms with E-state index < -0.39 is 0 Å². The van der Waals surface area contributed by atoms with E-state index in [0.717, 1.165) is 25.9 Å². The van der Waals surface area contributed by atoms with Crippen LogP contribution < -0.4 is 5.32 Å². The number of aromatic nitrogens is 1. The van der Waals surface area contributed by atoms with Gasteiger partial charge in [-0.15, -0.1) is 0 Å². The van der Waals surface area contributed by atoms with Crippen LogP contribution in [0.3, 0.4) is 0 Å². The number of oxazole rings is 1. The molecule has 6 nitrogen and oxygen atoms in total. The molecule has 1 aliphatic rings. The summed E-state index contributed by atoms with van der Waals surface area (Å²) in [5.74, 6) is 0.348. The Morgan fingerprint density at radius 1 is 1.21 bits per heavy atom. The highest BCUT2D eigenvalue weighted by molar-refractivity contribution is 6.05. The number of carbonyl (C=O) groups excluding carboxylic acids is 2. The summed E-state index contributed by atoms with van der Waals surface area (Å²) >= 11 is 0. The lowest BCUT2D eigenvalue weighted by molar-refractivity contribution is 0.0724. The van der Waals surface area contributed by atoms with Crippen LogP contribution in [-0.2, 0) is 6.42 Å². The number of carbonyl (C=O) groups is 2. The molecular weight excluding hydrogens is 306 g/mol. The summed E-state index contributed by atoms with van der Waals surface area (Å²) in [6, 6.07) is 6.93. The van der Waals surface area contributed by atoms with E-state index in [2.05, 4.69) is 10.3 Å². The molecule has 2 heterocycles. The van der Waals surface area contributed by atoms with Crippen LogP contribution in [0.2, 0.25) is 0 Å². The molecule has 0 bridgehead atoms. The van der Waals surface area contributed by atoms with E-state index in [1.165, 1.54) is 6.42 Å². The van der Waals surface area contributed by atoms with Gasteiger partial charge in [-0.2, -0.15) is 0 Å². The predicted molar refractivity (Wildman–Crippen MR) is 90.0 cm³/mol. The smallest absolute Gasteiger partial charge is 0.301 e. The van der Waals surface area contributed by atoms with Gasteiger partial charge in [0.05, 0.1) is 6.20 Å². The van der Waals surface area contributed by atoms with E-state index in [4.69, 9.17) is 4.42 Å². The maximum absolute atomic E-state index is 12.5. The van der Waals surface area contributed by atoms with Gasteiger partial charge in [0.1, 0.15) is 5.76 Å². The molecule has 1 aromatic heterocycles. The van der Waals surface area contributed by atoms with Crippen molar-refractivity contribution in [2.24, 2.45) is 0 Å². The first-order chi connectivity index (χ1) is 11.7. The number of hydrogen-bond acceptors (Lipinski definition) is 4. The Morgan fingerprint density at radius 2 is 1.96 bits per heavy atom. The molecule has 1 saturated heterocycles. The van der Waals surface area contributed by atoms with Gasteiger partial charge in [0.15, 0.2) is 0 Å². The Balaban J connectivity index is 1.71. The minimum absolute atomic E-state index is 0.0197. The van der Waals surface area contributed by atoms with Gasteiger partial charge in [0, 0.05) is 30.6 Å². The van der Waals surface area contributed by atoms with Gasteiger partial charge in [0.2, 0.25) is 0 Å². The van der Waals surface area contributed by atoms with Gasteiger partial charge < -0.3 is 9.32 Å². The van der Waals surface area contributed by atoms with Crippen LogP contribution in [0.15, 0.2) is 34.9 Å². The highest BCUT2D eigenvalue weighted by Crippen LogP contribution is 2.16. The van der Waals surface area contributed by atoms with E-state index in [0.29, 0.717) is 23.3 Å². The van der Waals surface area contributed by atoms with E-state index in [1.54, 1.807) is 30.5 Å². The SMILES string of the molecule is CCc1cnc(NC(=O)c2cccc(C(=O)N3CCCCC3)c2)o1. The van der Waals surface area contributed by atoms with Crippen LogP contribution in [0.5, 0.6) is 0 Å². The van der Waals surface area contributed by atoms with Gasteiger partial charge in [-0.25, -0.2) is 4.98 Å². The molecule has 1 aliphatic heterocycles. The Morgan fingerprint density at radius 3 is 2.67 bits per heavy atom. The Labute approximate surface area is 140 Å². The van der Waals surface area contributed by atoms with E-state index in [1.807, 2.05) is 11.8 Å². The predicted octanol–water partition coefficient (Wildman–Crippen LogP) is 3.12. The summed E-state index contributed by atoms with van der Waals surface area (Å²) in [4.78, 5) is 30.7. The fourth-order valence-electron chi connectivity index (χ4n) is 2.77. The van der Waals surface area contributed by atoms with Crippen LogP contribution in [0, 0.1) is 0 Å². The average molecular weight is 327 g/mol. The van der Waals surface area contributed by atoms with Crippen molar-refractivity contribution in [1.82, 2.24) is 9.88 Å². The Hall–Kier alpha value is -2.63. The number of nitrogens with zero attached hydrogens (tertiary/aromatic N) is 2. The quantitative estimate of drug-likeness (QED) is 0.936. The minimum Gasteiger partial charge on any atom is -0.428 e. The lowest BCUT2D eigenvalue weighted by Gasteiger charge is -2.26. The molecule has 0 aliphatic carbocycles. The molecule has 126 valence electrons. The van der Waals surface area contributed by atoms with Crippen molar-refractivity contribution in [2.75, 3.05) is 18.4 Å². The first-order valence-corrected chi connectivity index (χ1v) is 8.33. The lowest BCUT2D eigenvalue weighted by atomic mass is 10.1. The van der Waals surface area contributed by atoms with Gasteiger partial charge in [0.25, 0.3) is 11.8 Å². The van der Waals surface area contributed by atoms with E-state index >= 15 is 0 Å². The van der Waals surface area contributed by atoms with Crippen LogP contribution in [0.25, 0.3) is 0 Å². The molecule has 1 N–H and O–H groups in total. The molecule has 1 aromatic carbocycles. The normalized spacial score (nSPS) is 14.5. The molecule has 24 heavy (non-hydrogen) atoms. The molecule has 6 heteroatoms. The molecular formula is C18H21N3O3. The Kier molecular flexibility index (Phi) is 4.93. The van der Waals surface area contributed by atoms with Crippen molar-refractivity contribution >= 4 is 17.8 Å². The lowest BCUT2D eigenvalue weighted by Crippen LogP contribution is -2.35. The number of amides is 2. The fraction of sp³-hybridized carbons (Fsp3) is 0.389. The van der Waals surface area contributed by atoms with Gasteiger partial charge in [-0.1, -0.05) is 13.0 Å². The number of benzene rings is 1. The van der Waals surface area contributed by atoms with E-state index in [-0.39, 0.29) is 17.8 Å². The highest BCUT2D eigenvalue weighted by Gasteiger charge is 2.19. The zero-order valence-electron chi connectivity index (χ0n) is 13.7. The van der Waals surface area contributed by atoms with Crippen molar-refractivity contribution < 1.29 is 14.0 Å². The number of anilines is 1. The van der Waals surface area contributed by atoms with Crippen molar-refractivity contribution in [3.63, 3.8) is 0 Å². The minimum atomic E-state index is -0.340. The molecule has 2 aromatic rings. The second kappa shape index (κ2) is 7.29. The highest BCUT2D eigenvalue weighted by atomic mass is 16.4. The van der Waals surface area contributed by atoms with Crippen molar-refractivity contribution in [1.29, 1.82) is 0 Å². The monoisotopic (exact) mass is 327 g/mol. The molecule has 0 unspecified atom stereocenters. The largest absolute Gasteiger partial charge is 0.428 e. The van der Waals surface area contributed by atoms with Gasteiger partial charge in [-0.05, 0) is 37.5 Å². The summed E-state index contributed by atoms with van der Waals surface area (Å²) in [6.45, 7) is 3.51. The third kappa shape index (κ3) is 3.64. The average Bonchev–Trinajstić information content (AvgIpc) is 3.09. The fourth-order valence-corrected chi connectivity index (χ4v) is 2.77. The topological polar surface area (TPSA) is 75.4 Å². The van der Waals surface area contributed by atoms with Crippen molar-refractivity contribution in [3.05, 3.63) is 47.3 Å². The molecule has 0 atom stereocenters. The summed E-state index contributed by atoms with van der Waals surface area (Å²) in [5.41, 5.74) is 0.945. The van der Waals surface area contributed by atoms with Crippen LogP contribution >= 0.6 is 0 Å². The van der Waals surface area contributed by atoms with Crippen LogP contribution in [0.4, 0.5) is 6.01 Å². The maximum Gasteiger partial charge on any atom is 0.301 e. The van der Waals surface area contributed by atoms with Crippen LogP contribution in [0.1, 0.15) is 52.7 Å². The number of hydrogen-bond donors (Lipinski definition) is 1. The number of piperidine rings is 1. The summed E-state index contributed by atoms with van der Waals surface area (Å²) in [5, 5.41) is 2.62. The van der Waals surface area contributed by atoms with Gasteiger partial charge in [-0.3, -0.25) is 14.9 Å². The number of likely N-dealkylation sites (tertiary alicyclic amines) is 1. The summed E-state index contributed by atoms with van der Waals surface area (Å²) in [7, 11) is 0. The number of nitrogens with one attached hydrogen (secondary N) is 1. The van der Waals surface area contributed by atoms with Crippen molar-refractivity contribution in [2.45, 2.75) is 32.6 Å². The van der Waals surface area contributed by atoms with Gasteiger partial charge >= 0.3 is 6.01 Å². The molecule has 0 spiro atoms. The first-order valence-electron chi connectivity index (χ1n) is 8.33. The van der Waals surface area contributed by atoms with E-state index in [9.17, 15) is 9.59 Å². The molecule has 1 fully saturated rings. The molecule has 3 rings (SSSR count). The molecule has 2 amide bonds. The third-order valence-electron chi connectivity index (χ3n) is 4.14. The van der Waals surface area contributed by atoms with Crippen molar-refractivity contribution in [3.8, 4) is 0 Å². The number of aryl methyl sites for hydroxylation is 1. The molecule has 0 radical (unpaired) electrons. The molecule has 0 saturated carbocycles. The zero-order valence-corrected chi connectivity index (χ0v) is 13.7. The maximum atomic E-state index is 12.5. The standard InChI is InChI=1S/C18H21N3O3/c1-2-15-12-19-18(24-15)20-16(22)13-7-6-8-14(11-13)17(23)21-9-4-3-5-10-21/h6-8,11-12H,2-5,9-10H2,1H3,(H,19,20,22).